The van der Waals surface area contributed by atoms with Gasteiger partial charge in [-0.05, 0) is 18.1 Å². The Labute approximate surface area is 110 Å². The highest BCUT2D eigenvalue weighted by atomic mass is 16.5. The molecule has 2 atom stereocenters. The number of carbonyl (C=O) groups is 3. The average Bonchev–Trinajstić information content (AvgIpc) is 2.72. The van der Waals surface area contributed by atoms with E-state index in [4.69, 9.17) is 0 Å². The van der Waals surface area contributed by atoms with Crippen LogP contribution >= 0.6 is 0 Å². The Morgan fingerprint density at radius 1 is 1.42 bits per heavy atom. The third kappa shape index (κ3) is 2.33. The van der Waals surface area contributed by atoms with Gasteiger partial charge in [-0.15, -0.1) is 0 Å². The Hall–Kier alpha value is -2.24. The van der Waals surface area contributed by atoms with Gasteiger partial charge in [0.25, 0.3) is 5.91 Å². The zero-order valence-electron chi connectivity index (χ0n) is 10.7. The molecule has 2 amide bonds. The second-order valence-corrected chi connectivity index (χ2v) is 4.43. The van der Waals surface area contributed by atoms with Gasteiger partial charge in [0.2, 0.25) is 5.91 Å². The normalized spacial score (nSPS) is 22.4. The van der Waals surface area contributed by atoms with Crippen LogP contribution < -0.4 is 0 Å². The van der Waals surface area contributed by atoms with Crippen LogP contribution in [0.5, 0.6) is 0 Å². The maximum atomic E-state index is 12.3. The number of esters is 1. The van der Waals surface area contributed by atoms with E-state index in [9.17, 15) is 14.4 Å². The molecule has 2 heterocycles. The van der Waals surface area contributed by atoms with Crippen molar-refractivity contribution in [3.8, 4) is 0 Å². The van der Waals surface area contributed by atoms with Crippen molar-refractivity contribution in [1.82, 2.24) is 9.88 Å². The topological polar surface area (TPSA) is 76.6 Å². The summed E-state index contributed by atoms with van der Waals surface area (Å²) in [6.07, 6.45) is 1.61. The molecule has 1 unspecified atom stereocenters. The Morgan fingerprint density at radius 2 is 2.16 bits per heavy atom. The largest absolute Gasteiger partial charge is 0.467 e. The maximum Gasteiger partial charge on any atom is 0.329 e. The molecular weight excluding hydrogens is 248 g/mol. The molecule has 19 heavy (non-hydrogen) atoms. The van der Waals surface area contributed by atoms with Crippen molar-refractivity contribution >= 4 is 17.8 Å². The molecule has 0 aromatic carbocycles. The minimum absolute atomic E-state index is 0.138. The third-order valence-electron chi connectivity index (χ3n) is 3.13. The van der Waals surface area contributed by atoms with Crippen LogP contribution in [0.15, 0.2) is 24.4 Å². The van der Waals surface area contributed by atoms with Crippen molar-refractivity contribution in [3.63, 3.8) is 0 Å². The number of nitrogens with zero attached hydrogens (tertiary/aromatic N) is 2. The lowest BCUT2D eigenvalue weighted by atomic mass is 10.0. The van der Waals surface area contributed by atoms with Crippen LogP contribution in [0, 0.1) is 5.92 Å². The lowest BCUT2D eigenvalue weighted by Crippen LogP contribution is -2.45. The van der Waals surface area contributed by atoms with E-state index in [1.165, 1.54) is 19.4 Å². The first kappa shape index (κ1) is 13.2. The molecule has 0 saturated carbocycles. The number of likely N-dealkylation sites (tertiary alicyclic amines) is 1. The fourth-order valence-corrected chi connectivity index (χ4v) is 2.21. The number of amides is 2. The Morgan fingerprint density at radius 3 is 2.74 bits per heavy atom. The number of pyridine rings is 1. The highest BCUT2D eigenvalue weighted by Gasteiger charge is 2.46. The van der Waals surface area contributed by atoms with E-state index in [2.05, 4.69) is 9.72 Å². The van der Waals surface area contributed by atoms with Crippen molar-refractivity contribution in [3.05, 3.63) is 30.1 Å². The number of carbonyl (C=O) groups excluding carboxylic acids is 3. The summed E-state index contributed by atoms with van der Waals surface area (Å²) in [4.78, 5) is 40.8. The maximum absolute atomic E-state index is 12.3. The number of imide groups is 1. The number of methoxy groups -OCH3 is 1. The Kier molecular flexibility index (Phi) is 3.59. The molecule has 6 heteroatoms. The number of rotatable bonds is 2. The van der Waals surface area contributed by atoms with E-state index >= 15 is 0 Å². The second kappa shape index (κ2) is 5.17. The molecule has 1 saturated heterocycles. The number of hydrogen-bond acceptors (Lipinski definition) is 5. The van der Waals surface area contributed by atoms with Gasteiger partial charge < -0.3 is 4.74 Å². The summed E-state index contributed by atoms with van der Waals surface area (Å²) in [5, 5.41) is 0. The number of ether oxygens (including phenoxy) is 1. The van der Waals surface area contributed by atoms with E-state index < -0.39 is 17.9 Å². The van der Waals surface area contributed by atoms with Gasteiger partial charge in [-0.2, -0.15) is 0 Å². The fraction of sp³-hybridized carbons (Fsp3) is 0.385. The van der Waals surface area contributed by atoms with Crippen molar-refractivity contribution in [1.29, 1.82) is 0 Å². The summed E-state index contributed by atoms with van der Waals surface area (Å²) >= 11 is 0. The van der Waals surface area contributed by atoms with Crippen LogP contribution in [0.1, 0.15) is 23.8 Å². The lowest BCUT2D eigenvalue weighted by Gasteiger charge is -2.22. The van der Waals surface area contributed by atoms with Crippen LogP contribution in [-0.2, 0) is 14.3 Å². The number of hydrogen-bond donors (Lipinski definition) is 0. The van der Waals surface area contributed by atoms with Gasteiger partial charge in [0.05, 0.1) is 7.11 Å². The van der Waals surface area contributed by atoms with Crippen molar-refractivity contribution in [2.24, 2.45) is 5.92 Å². The molecule has 0 N–H and O–H groups in total. The summed E-state index contributed by atoms with van der Waals surface area (Å²) in [6.45, 7) is 1.74. The zero-order chi connectivity index (χ0) is 14.0. The second-order valence-electron chi connectivity index (χ2n) is 4.43. The van der Waals surface area contributed by atoms with E-state index in [-0.39, 0.29) is 23.9 Å². The molecule has 0 bridgehead atoms. The van der Waals surface area contributed by atoms with E-state index in [1.807, 2.05) is 0 Å². The molecule has 0 aliphatic carbocycles. The van der Waals surface area contributed by atoms with Gasteiger partial charge in [0.15, 0.2) is 0 Å². The van der Waals surface area contributed by atoms with Crippen LogP contribution in [0.4, 0.5) is 0 Å². The van der Waals surface area contributed by atoms with Crippen molar-refractivity contribution in [2.45, 2.75) is 19.4 Å². The van der Waals surface area contributed by atoms with Crippen LogP contribution in [0.2, 0.25) is 0 Å². The molecule has 1 aliphatic rings. The first-order chi connectivity index (χ1) is 9.06. The predicted octanol–water partition coefficient (Wildman–Crippen LogP) is 0.632. The summed E-state index contributed by atoms with van der Waals surface area (Å²) in [6, 6.07) is 3.96. The van der Waals surface area contributed by atoms with Gasteiger partial charge in [0, 0.05) is 12.6 Å². The van der Waals surface area contributed by atoms with Gasteiger partial charge in [-0.3, -0.25) is 19.5 Å². The molecule has 1 aromatic rings. The Bertz CT molecular complexity index is 515. The van der Waals surface area contributed by atoms with Crippen molar-refractivity contribution in [2.75, 3.05) is 7.11 Å². The van der Waals surface area contributed by atoms with E-state index in [0.29, 0.717) is 0 Å². The molecule has 2 rings (SSSR count). The molecule has 1 aliphatic heterocycles. The summed E-state index contributed by atoms with van der Waals surface area (Å²) in [5.41, 5.74) is 0.138. The molecular formula is C13H14N2O4. The monoisotopic (exact) mass is 262 g/mol. The van der Waals surface area contributed by atoms with E-state index in [1.54, 1.807) is 19.1 Å². The highest BCUT2D eigenvalue weighted by Crippen LogP contribution is 2.27. The van der Waals surface area contributed by atoms with Gasteiger partial charge in [-0.1, -0.05) is 13.0 Å². The van der Waals surface area contributed by atoms with E-state index in [0.717, 1.165) is 4.90 Å². The standard InChI is InChI=1S/C13H14N2O4/c1-8-7-10(16)15(11(8)13(18)19-2)12(17)9-5-3-4-6-14-9/h3-6,8,11H,7H2,1-2H3/t8?,11-/m0/s1. The highest BCUT2D eigenvalue weighted by molar-refractivity contribution is 6.08. The third-order valence-corrected chi connectivity index (χ3v) is 3.13. The van der Waals surface area contributed by atoms with Gasteiger partial charge in [-0.25, -0.2) is 4.79 Å². The van der Waals surface area contributed by atoms with Crippen LogP contribution in [0.25, 0.3) is 0 Å². The quantitative estimate of drug-likeness (QED) is 0.577. The minimum atomic E-state index is -0.869. The smallest absolute Gasteiger partial charge is 0.329 e. The summed E-state index contributed by atoms with van der Waals surface area (Å²) < 4.78 is 4.66. The molecule has 6 nitrogen and oxygen atoms in total. The van der Waals surface area contributed by atoms with Crippen LogP contribution in [-0.4, -0.2) is 40.8 Å². The SMILES string of the molecule is COC(=O)[C@@H]1C(C)CC(=O)N1C(=O)c1ccccn1. The number of aromatic nitrogens is 1. The van der Waals surface area contributed by atoms with Gasteiger partial charge in [0.1, 0.15) is 11.7 Å². The Balaban J connectivity index is 2.33. The molecule has 0 radical (unpaired) electrons. The minimum Gasteiger partial charge on any atom is -0.467 e. The molecule has 100 valence electrons. The average molecular weight is 262 g/mol. The first-order valence-corrected chi connectivity index (χ1v) is 5.91. The molecule has 1 aromatic heterocycles. The van der Waals surface area contributed by atoms with Crippen LogP contribution in [0.3, 0.4) is 0 Å². The summed E-state index contributed by atoms with van der Waals surface area (Å²) in [5.74, 6) is -1.78. The molecule has 0 spiro atoms. The zero-order valence-corrected chi connectivity index (χ0v) is 10.7. The molecule has 1 fully saturated rings. The first-order valence-electron chi connectivity index (χ1n) is 5.91. The lowest BCUT2D eigenvalue weighted by molar-refractivity contribution is -0.148. The fourth-order valence-electron chi connectivity index (χ4n) is 2.21. The predicted molar refractivity (Wildman–Crippen MR) is 65.0 cm³/mol. The summed E-state index contributed by atoms with van der Waals surface area (Å²) in [7, 11) is 1.24. The van der Waals surface area contributed by atoms with Gasteiger partial charge >= 0.3 is 5.97 Å². The van der Waals surface area contributed by atoms with Crippen molar-refractivity contribution < 1.29 is 19.1 Å².